The fourth-order valence-corrected chi connectivity index (χ4v) is 5.17. The Balaban J connectivity index is 1.31. The highest BCUT2D eigenvalue weighted by Gasteiger charge is 2.25. The summed E-state index contributed by atoms with van der Waals surface area (Å²) in [5.74, 6) is 2.08. The van der Waals surface area contributed by atoms with Crippen LogP contribution in [0.3, 0.4) is 0 Å². The molecule has 0 bridgehead atoms. The number of hydrogen-bond acceptors (Lipinski definition) is 8. The van der Waals surface area contributed by atoms with Gasteiger partial charge in [-0.1, -0.05) is 11.6 Å². The topological polar surface area (TPSA) is 105 Å². The van der Waals surface area contributed by atoms with Crippen LogP contribution in [-0.4, -0.2) is 73.6 Å². The van der Waals surface area contributed by atoms with E-state index in [1.807, 2.05) is 6.21 Å². The molecule has 0 aromatic carbocycles. The molecule has 10 heteroatoms. The van der Waals surface area contributed by atoms with E-state index in [-0.39, 0.29) is 5.92 Å². The Morgan fingerprint density at radius 1 is 1.21 bits per heavy atom. The number of halogens is 1. The zero-order valence-electron chi connectivity index (χ0n) is 20.3. The van der Waals surface area contributed by atoms with Gasteiger partial charge in [0.05, 0.1) is 23.5 Å². The highest BCUT2D eigenvalue weighted by molar-refractivity contribution is 6.31. The quantitative estimate of drug-likeness (QED) is 0.486. The lowest BCUT2D eigenvalue weighted by Crippen LogP contribution is -2.43. The van der Waals surface area contributed by atoms with Gasteiger partial charge in [-0.3, -0.25) is 10.4 Å². The average molecular weight is 492 g/mol. The van der Waals surface area contributed by atoms with Gasteiger partial charge in [0.1, 0.15) is 5.84 Å². The predicted octanol–water partition coefficient (Wildman–Crippen LogP) is 3.37. The molecule has 1 saturated heterocycles. The van der Waals surface area contributed by atoms with E-state index in [9.17, 15) is 0 Å². The van der Waals surface area contributed by atoms with Gasteiger partial charge in [-0.05, 0) is 51.4 Å². The van der Waals surface area contributed by atoms with Crippen molar-refractivity contribution < 1.29 is 9.47 Å². The average Bonchev–Trinajstić information content (AvgIpc) is 2.86. The molecule has 3 aliphatic rings. The zero-order valence-corrected chi connectivity index (χ0v) is 21.1. The smallest absolute Gasteiger partial charge is 0.223 e. The highest BCUT2D eigenvalue weighted by Crippen LogP contribution is 2.28. The number of anilines is 1. The Bertz CT molecular complexity index is 839. The fourth-order valence-electron chi connectivity index (χ4n) is 4.94. The number of aromatic nitrogens is 2. The molecule has 0 spiro atoms. The first-order valence-corrected chi connectivity index (χ1v) is 12.9. The molecule has 2 atom stereocenters. The van der Waals surface area contributed by atoms with Gasteiger partial charge in [0.25, 0.3) is 0 Å². The first-order chi connectivity index (χ1) is 16.6. The normalized spacial score (nSPS) is 28.0. The van der Waals surface area contributed by atoms with Gasteiger partial charge < -0.3 is 20.1 Å². The molecule has 4 rings (SSSR count). The van der Waals surface area contributed by atoms with Crippen molar-refractivity contribution >= 4 is 29.6 Å². The van der Waals surface area contributed by atoms with Crippen LogP contribution in [0.2, 0.25) is 5.02 Å². The number of ether oxygens (including phenoxy) is 2. The number of amidine groups is 1. The second-order valence-corrected chi connectivity index (χ2v) is 10.1. The number of rotatable bonds is 9. The summed E-state index contributed by atoms with van der Waals surface area (Å²) in [7, 11) is 1.75. The zero-order chi connectivity index (χ0) is 23.8. The Hall–Kier alpha value is -1.81. The maximum absolute atomic E-state index is 6.50. The molecule has 0 radical (unpaired) electrons. The molecule has 1 saturated carbocycles. The lowest BCUT2D eigenvalue weighted by atomic mass is 9.91. The second kappa shape index (κ2) is 12.8. The molecular weight excluding hydrogens is 454 g/mol. The summed E-state index contributed by atoms with van der Waals surface area (Å²) >= 11 is 6.50. The minimum atomic E-state index is -0.0204. The molecule has 2 unspecified atom stereocenters. The lowest BCUT2D eigenvalue weighted by Gasteiger charge is -2.31. The Morgan fingerprint density at radius 2 is 1.97 bits per heavy atom. The van der Waals surface area contributed by atoms with Crippen molar-refractivity contribution in [2.24, 2.45) is 16.0 Å². The van der Waals surface area contributed by atoms with Crippen molar-refractivity contribution in [1.29, 1.82) is 0 Å². The van der Waals surface area contributed by atoms with Crippen LogP contribution in [0.25, 0.3) is 0 Å². The minimum absolute atomic E-state index is 0.0204. The van der Waals surface area contributed by atoms with Crippen LogP contribution >= 0.6 is 11.6 Å². The van der Waals surface area contributed by atoms with E-state index in [0.717, 1.165) is 76.4 Å². The molecule has 1 aromatic heterocycles. The van der Waals surface area contributed by atoms with E-state index in [1.165, 1.54) is 0 Å². The number of hydrazone groups is 1. The molecule has 34 heavy (non-hydrogen) atoms. The van der Waals surface area contributed by atoms with Crippen LogP contribution in [-0.2, 0) is 9.47 Å². The molecular formula is C24H38ClN7O2. The molecule has 2 aliphatic heterocycles. The summed E-state index contributed by atoms with van der Waals surface area (Å²) in [5.41, 5.74) is 3.85. The fraction of sp³-hybridized carbons (Fsp3) is 0.750. The van der Waals surface area contributed by atoms with Gasteiger partial charge in [0.2, 0.25) is 5.95 Å². The molecule has 1 aliphatic carbocycles. The first-order valence-electron chi connectivity index (χ1n) is 12.5. The van der Waals surface area contributed by atoms with Crippen molar-refractivity contribution in [3.63, 3.8) is 0 Å². The van der Waals surface area contributed by atoms with E-state index < -0.39 is 0 Å². The van der Waals surface area contributed by atoms with Crippen LogP contribution in [0.5, 0.6) is 0 Å². The number of hydrogen-bond donors (Lipinski definition) is 3. The summed E-state index contributed by atoms with van der Waals surface area (Å²) in [6.07, 6.45) is 10.8. The maximum Gasteiger partial charge on any atom is 0.223 e. The van der Waals surface area contributed by atoms with Crippen LogP contribution in [0.15, 0.2) is 16.3 Å². The molecule has 9 nitrogen and oxygen atoms in total. The third-order valence-corrected chi connectivity index (χ3v) is 7.15. The minimum Gasteiger partial charge on any atom is -0.383 e. The van der Waals surface area contributed by atoms with Gasteiger partial charge in [-0.15, -0.1) is 0 Å². The second-order valence-electron chi connectivity index (χ2n) is 9.69. The summed E-state index contributed by atoms with van der Waals surface area (Å²) in [4.78, 5) is 14.0. The van der Waals surface area contributed by atoms with Crippen LogP contribution in [0.1, 0.15) is 63.5 Å². The summed E-state index contributed by atoms with van der Waals surface area (Å²) in [5, 5.41) is 12.1. The molecule has 188 valence electrons. The van der Waals surface area contributed by atoms with Gasteiger partial charge in [-0.25, -0.2) is 9.97 Å². The summed E-state index contributed by atoms with van der Waals surface area (Å²) < 4.78 is 10.7. The van der Waals surface area contributed by atoms with E-state index in [4.69, 9.17) is 31.1 Å². The third-order valence-electron chi connectivity index (χ3n) is 6.86. The van der Waals surface area contributed by atoms with E-state index >= 15 is 0 Å². The number of aliphatic imine (C=N–C) groups is 1. The van der Waals surface area contributed by atoms with Crippen LogP contribution < -0.4 is 16.1 Å². The van der Waals surface area contributed by atoms with Crippen molar-refractivity contribution in [3.8, 4) is 0 Å². The van der Waals surface area contributed by atoms with E-state index in [2.05, 4.69) is 33.1 Å². The van der Waals surface area contributed by atoms with E-state index in [1.54, 1.807) is 13.3 Å². The standard InChI is InChI=1S/C24H38ClN7O2/c1-16(15-33-2)29-19-3-5-20(6-4-19)30-24-27-14-21(25)23(31-24)18-11-22(32-28-13-18)26-12-17-7-9-34-10-8-17/h13-14,16-20,29H,3-12,15H2,1-2H3,(H,26,32)(H,27,30,31). The largest absolute Gasteiger partial charge is 0.383 e. The van der Waals surface area contributed by atoms with Crippen LogP contribution in [0.4, 0.5) is 5.95 Å². The number of nitrogens with zero attached hydrogens (tertiary/aromatic N) is 4. The Morgan fingerprint density at radius 3 is 2.74 bits per heavy atom. The van der Waals surface area contributed by atoms with Gasteiger partial charge >= 0.3 is 0 Å². The summed E-state index contributed by atoms with van der Waals surface area (Å²) in [6, 6.07) is 1.27. The van der Waals surface area contributed by atoms with Crippen molar-refractivity contribution in [3.05, 3.63) is 16.9 Å². The predicted molar refractivity (Wildman–Crippen MR) is 136 cm³/mol. The molecule has 0 amide bonds. The van der Waals surface area contributed by atoms with Gasteiger partial charge in [0, 0.05) is 63.5 Å². The van der Waals surface area contributed by atoms with Crippen molar-refractivity contribution in [2.45, 2.75) is 75.9 Å². The van der Waals surface area contributed by atoms with Gasteiger partial charge in [-0.2, -0.15) is 5.10 Å². The number of nitrogens with one attached hydrogen (secondary N) is 3. The number of methoxy groups -OCH3 is 1. The molecule has 2 fully saturated rings. The van der Waals surface area contributed by atoms with Crippen molar-refractivity contribution in [1.82, 2.24) is 20.7 Å². The lowest BCUT2D eigenvalue weighted by molar-refractivity contribution is 0.0689. The molecule has 1 aromatic rings. The third kappa shape index (κ3) is 7.34. The first kappa shape index (κ1) is 25.3. The van der Waals surface area contributed by atoms with Gasteiger partial charge in [0.15, 0.2) is 0 Å². The SMILES string of the molecule is COCC(C)NC1CCC(Nc2ncc(Cl)c(C3C=NNC(=NCC4CCOCC4)C3)n2)CC1. The van der Waals surface area contributed by atoms with Crippen LogP contribution in [0, 0.1) is 5.92 Å². The maximum atomic E-state index is 6.50. The van der Waals surface area contributed by atoms with Crippen molar-refractivity contribution in [2.75, 3.05) is 38.8 Å². The Kier molecular flexibility index (Phi) is 9.49. The molecule has 3 heterocycles. The summed E-state index contributed by atoms with van der Waals surface area (Å²) in [6.45, 7) is 5.38. The monoisotopic (exact) mass is 491 g/mol. The molecule has 3 N–H and O–H groups in total. The van der Waals surface area contributed by atoms with E-state index in [0.29, 0.717) is 41.4 Å². The highest BCUT2D eigenvalue weighted by atomic mass is 35.5. The Labute approximate surface area is 207 Å².